The van der Waals surface area contributed by atoms with Crippen LogP contribution in [0, 0.1) is 5.92 Å². The molecule has 1 aliphatic heterocycles. The Morgan fingerprint density at radius 2 is 2.06 bits per heavy atom. The van der Waals surface area contributed by atoms with Crippen molar-refractivity contribution in [3.05, 3.63) is 46.2 Å². The van der Waals surface area contributed by atoms with Gasteiger partial charge in [0, 0.05) is 10.9 Å². The predicted molar refractivity (Wildman–Crippen MR) is 70.5 cm³/mol. The zero-order chi connectivity index (χ0) is 12.5. The van der Waals surface area contributed by atoms with Crippen LogP contribution in [0.2, 0.25) is 5.02 Å². The number of carbonyl (C=O) groups is 1. The van der Waals surface area contributed by atoms with Crippen LogP contribution in [-0.4, -0.2) is 12.4 Å². The summed E-state index contributed by atoms with van der Waals surface area (Å²) in [6, 6.07) is 7.74. The van der Waals surface area contributed by atoms with Crippen molar-refractivity contribution in [1.82, 2.24) is 0 Å². The summed E-state index contributed by atoms with van der Waals surface area (Å²) in [5.41, 5.74) is 2.39. The van der Waals surface area contributed by atoms with Crippen molar-refractivity contribution in [2.24, 2.45) is 5.92 Å². The van der Waals surface area contributed by atoms with Crippen LogP contribution in [0.4, 0.5) is 0 Å². The van der Waals surface area contributed by atoms with Crippen LogP contribution in [0.5, 0.6) is 0 Å². The first-order valence-electron chi connectivity index (χ1n) is 6.37. The Balaban J connectivity index is 1.72. The molecular formula is C15H15ClO2. The standard InChI is InChI=1S/C15H15ClO2/c16-13-5-3-10(4-6-13)8-12-9-11-2-1-7-18-15(11)14(12)17/h3-6,12H,1-2,7-9H2/t12-/m0/s1. The minimum absolute atomic E-state index is 0.0641. The molecule has 2 aliphatic rings. The number of ether oxygens (including phenoxy) is 1. The summed E-state index contributed by atoms with van der Waals surface area (Å²) < 4.78 is 5.51. The second-order valence-electron chi connectivity index (χ2n) is 4.98. The Labute approximate surface area is 112 Å². The van der Waals surface area contributed by atoms with Gasteiger partial charge in [0.1, 0.15) is 0 Å². The molecule has 18 heavy (non-hydrogen) atoms. The number of carbonyl (C=O) groups excluding carboxylic acids is 1. The molecule has 0 spiro atoms. The quantitative estimate of drug-likeness (QED) is 0.815. The van der Waals surface area contributed by atoms with E-state index in [1.54, 1.807) is 0 Å². The molecule has 3 rings (SSSR count). The number of rotatable bonds is 2. The number of benzene rings is 1. The second kappa shape index (κ2) is 4.77. The largest absolute Gasteiger partial charge is 0.490 e. The Hall–Kier alpha value is -1.28. The van der Waals surface area contributed by atoms with Gasteiger partial charge in [0.15, 0.2) is 5.76 Å². The number of ketones is 1. The van der Waals surface area contributed by atoms with E-state index in [0.29, 0.717) is 12.4 Å². The maximum atomic E-state index is 12.2. The summed E-state index contributed by atoms with van der Waals surface area (Å²) in [5.74, 6) is 0.925. The molecule has 1 aromatic carbocycles. The summed E-state index contributed by atoms with van der Waals surface area (Å²) in [4.78, 5) is 12.2. The van der Waals surface area contributed by atoms with Gasteiger partial charge in [0.25, 0.3) is 0 Å². The first-order valence-corrected chi connectivity index (χ1v) is 6.75. The number of hydrogen-bond donors (Lipinski definition) is 0. The maximum absolute atomic E-state index is 12.2. The van der Waals surface area contributed by atoms with Crippen molar-refractivity contribution in [3.8, 4) is 0 Å². The summed E-state index contributed by atoms with van der Waals surface area (Å²) >= 11 is 5.86. The SMILES string of the molecule is O=C1C2=C(CCCO2)C[C@@H]1Cc1ccc(Cl)cc1. The summed E-state index contributed by atoms with van der Waals surface area (Å²) in [5, 5.41) is 0.734. The van der Waals surface area contributed by atoms with E-state index in [2.05, 4.69) is 0 Å². The van der Waals surface area contributed by atoms with Crippen LogP contribution >= 0.6 is 11.6 Å². The van der Waals surface area contributed by atoms with Gasteiger partial charge in [-0.05, 0) is 49.0 Å². The van der Waals surface area contributed by atoms with Gasteiger partial charge in [-0.2, -0.15) is 0 Å². The third-order valence-corrected chi connectivity index (χ3v) is 3.93. The minimum Gasteiger partial charge on any atom is -0.490 e. The first-order chi connectivity index (χ1) is 8.74. The topological polar surface area (TPSA) is 26.3 Å². The highest BCUT2D eigenvalue weighted by Gasteiger charge is 2.35. The van der Waals surface area contributed by atoms with E-state index in [1.807, 2.05) is 24.3 Å². The van der Waals surface area contributed by atoms with Crippen molar-refractivity contribution in [2.45, 2.75) is 25.7 Å². The van der Waals surface area contributed by atoms with Crippen LogP contribution in [-0.2, 0) is 16.0 Å². The molecule has 0 saturated heterocycles. The lowest BCUT2D eigenvalue weighted by Crippen LogP contribution is -2.15. The van der Waals surface area contributed by atoms with Crippen LogP contribution in [0.3, 0.4) is 0 Å². The van der Waals surface area contributed by atoms with Gasteiger partial charge < -0.3 is 4.74 Å². The van der Waals surface area contributed by atoms with E-state index in [9.17, 15) is 4.79 Å². The third-order valence-electron chi connectivity index (χ3n) is 3.67. The molecule has 0 N–H and O–H groups in total. The molecule has 0 amide bonds. The maximum Gasteiger partial charge on any atom is 0.201 e. The Morgan fingerprint density at radius 1 is 1.28 bits per heavy atom. The van der Waals surface area contributed by atoms with Crippen LogP contribution in [0.1, 0.15) is 24.8 Å². The molecule has 1 atom stereocenters. The Morgan fingerprint density at radius 3 is 2.78 bits per heavy atom. The van der Waals surface area contributed by atoms with Gasteiger partial charge in [-0.25, -0.2) is 0 Å². The van der Waals surface area contributed by atoms with Crippen LogP contribution in [0.15, 0.2) is 35.6 Å². The lowest BCUT2D eigenvalue weighted by Gasteiger charge is -2.13. The van der Waals surface area contributed by atoms with Crippen molar-refractivity contribution >= 4 is 17.4 Å². The van der Waals surface area contributed by atoms with Gasteiger partial charge in [-0.15, -0.1) is 0 Å². The van der Waals surface area contributed by atoms with E-state index in [4.69, 9.17) is 16.3 Å². The van der Waals surface area contributed by atoms with Gasteiger partial charge in [-0.3, -0.25) is 4.79 Å². The molecule has 2 nitrogen and oxygen atoms in total. The number of halogens is 1. The lowest BCUT2D eigenvalue weighted by atomic mass is 9.95. The smallest absolute Gasteiger partial charge is 0.201 e. The van der Waals surface area contributed by atoms with Gasteiger partial charge in [0.05, 0.1) is 6.61 Å². The van der Waals surface area contributed by atoms with Gasteiger partial charge >= 0.3 is 0 Å². The second-order valence-corrected chi connectivity index (χ2v) is 5.42. The molecule has 3 heteroatoms. The van der Waals surface area contributed by atoms with Crippen molar-refractivity contribution in [2.75, 3.05) is 6.61 Å². The summed E-state index contributed by atoms with van der Waals surface area (Å²) in [6.07, 6.45) is 3.72. The molecule has 94 valence electrons. The third kappa shape index (κ3) is 2.17. The van der Waals surface area contributed by atoms with Crippen LogP contribution < -0.4 is 0 Å². The molecular weight excluding hydrogens is 248 g/mol. The number of allylic oxidation sites excluding steroid dienone is 2. The molecule has 0 aromatic heterocycles. The van der Waals surface area contributed by atoms with E-state index in [0.717, 1.165) is 36.3 Å². The van der Waals surface area contributed by atoms with Crippen molar-refractivity contribution < 1.29 is 9.53 Å². The molecule has 0 radical (unpaired) electrons. The highest BCUT2D eigenvalue weighted by molar-refractivity contribution is 6.30. The van der Waals surface area contributed by atoms with E-state index in [1.165, 1.54) is 5.57 Å². The fraction of sp³-hybridized carbons (Fsp3) is 0.400. The molecule has 0 bridgehead atoms. The fourth-order valence-corrected chi connectivity index (χ4v) is 2.89. The molecule has 0 unspecified atom stereocenters. The summed E-state index contributed by atoms with van der Waals surface area (Å²) in [6.45, 7) is 0.693. The fourth-order valence-electron chi connectivity index (χ4n) is 2.76. The molecule has 1 aromatic rings. The van der Waals surface area contributed by atoms with E-state index in [-0.39, 0.29) is 11.7 Å². The summed E-state index contributed by atoms with van der Waals surface area (Å²) in [7, 11) is 0. The van der Waals surface area contributed by atoms with Gasteiger partial charge in [-0.1, -0.05) is 23.7 Å². The number of Topliss-reactive ketones (excluding diaryl/α,β-unsaturated/α-hetero) is 1. The zero-order valence-electron chi connectivity index (χ0n) is 10.1. The van der Waals surface area contributed by atoms with Crippen LogP contribution in [0.25, 0.3) is 0 Å². The molecule has 0 saturated carbocycles. The normalized spacial score (nSPS) is 22.9. The number of hydrogen-bond acceptors (Lipinski definition) is 2. The van der Waals surface area contributed by atoms with E-state index >= 15 is 0 Å². The Bertz CT molecular complexity index is 502. The van der Waals surface area contributed by atoms with Gasteiger partial charge in [0.2, 0.25) is 5.78 Å². The van der Waals surface area contributed by atoms with E-state index < -0.39 is 0 Å². The highest BCUT2D eigenvalue weighted by atomic mass is 35.5. The highest BCUT2D eigenvalue weighted by Crippen LogP contribution is 2.36. The Kier molecular flexibility index (Phi) is 3.13. The molecule has 0 fully saturated rings. The minimum atomic E-state index is 0.0641. The molecule has 1 heterocycles. The monoisotopic (exact) mass is 262 g/mol. The zero-order valence-corrected chi connectivity index (χ0v) is 10.9. The predicted octanol–water partition coefficient (Wildman–Crippen LogP) is 3.54. The average molecular weight is 263 g/mol. The van der Waals surface area contributed by atoms with Crippen molar-refractivity contribution in [1.29, 1.82) is 0 Å². The first kappa shape index (κ1) is 11.8. The van der Waals surface area contributed by atoms with Crippen molar-refractivity contribution in [3.63, 3.8) is 0 Å². The molecule has 1 aliphatic carbocycles. The lowest BCUT2D eigenvalue weighted by molar-refractivity contribution is -0.121. The average Bonchev–Trinajstić information content (AvgIpc) is 2.70.